The van der Waals surface area contributed by atoms with Crippen LogP contribution in [0.4, 0.5) is 11.4 Å². The fourth-order valence-corrected chi connectivity index (χ4v) is 2.55. The third-order valence-corrected chi connectivity index (χ3v) is 4.20. The minimum Gasteiger partial charge on any atom is -0.371 e. The first kappa shape index (κ1) is 22.4. The van der Waals surface area contributed by atoms with Gasteiger partial charge in [0.15, 0.2) is 12.1 Å². The van der Waals surface area contributed by atoms with E-state index in [9.17, 15) is 29.3 Å². The second-order valence-corrected chi connectivity index (χ2v) is 6.23. The third kappa shape index (κ3) is 5.55. The van der Waals surface area contributed by atoms with Gasteiger partial charge in [-0.25, -0.2) is 0 Å². The highest BCUT2D eigenvalue weighted by molar-refractivity contribution is 6.05. The first-order chi connectivity index (χ1) is 14.3. The van der Waals surface area contributed by atoms with Gasteiger partial charge < -0.3 is 20.2 Å². The maximum absolute atomic E-state index is 12.4. The lowest BCUT2D eigenvalue weighted by atomic mass is 10.1. The van der Waals surface area contributed by atoms with E-state index in [-0.39, 0.29) is 16.8 Å². The molecule has 2 unspecified atom stereocenters. The number of nitro benzene ring substituents is 1. The van der Waals surface area contributed by atoms with Crippen molar-refractivity contribution in [3.8, 4) is 0 Å². The molecule has 2 amide bonds. The van der Waals surface area contributed by atoms with Gasteiger partial charge in [0.25, 0.3) is 17.5 Å². The number of benzene rings is 2. The molecule has 0 aromatic heterocycles. The molecule has 0 saturated heterocycles. The van der Waals surface area contributed by atoms with E-state index in [4.69, 9.17) is 4.74 Å². The molecule has 2 aromatic rings. The van der Waals surface area contributed by atoms with Gasteiger partial charge in [-0.2, -0.15) is 0 Å². The van der Waals surface area contributed by atoms with Crippen molar-refractivity contribution >= 4 is 35.3 Å². The van der Waals surface area contributed by atoms with Crippen molar-refractivity contribution in [3.63, 3.8) is 0 Å². The number of hydrogen-bond acceptors (Lipinski definition) is 7. The molecule has 2 atom stereocenters. The summed E-state index contributed by atoms with van der Waals surface area (Å²) in [4.78, 5) is 57.4. The van der Waals surface area contributed by atoms with E-state index in [2.05, 4.69) is 10.6 Å². The Bertz CT molecular complexity index is 955. The number of methoxy groups -OCH3 is 1. The van der Waals surface area contributed by atoms with Crippen LogP contribution in [0.2, 0.25) is 0 Å². The van der Waals surface area contributed by atoms with Crippen LogP contribution in [-0.2, 0) is 14.3 Å². The molecule has 156 valence electrons. The summed E-state index contributed by atoms with van der Waals surface area (Å²) in [6, 6.07) is 9.81. The van der Waals surface area contributed by atoms with Gasteiger partial charge in [0, 0.05) is 36.1 Å². The quantitative estimate of drug-likeness (QED) is 0.362. The fourth-order valence-electron chi connectivity index (χ4n) is 2.55. The number of ether oxygens (including phenoxy) is 1. The molecule has 10 nitrogen and oxygen atoms in total. The minimum absolute atomic E-state index is 0.129. The summed E-state index contributed by atoms with van der Waals surface area (Å²) in [7, 11) is 1.25. The van der Waals surface area contributed by atoms with Gasteiger partial charge in [0.05, 0.1) is 4.92 Å². The maximum Gasteiger partial charge on any atom is 0.269 e. The molecule has 2 aromatic carbocycles. The van der Waals surface area contributed by atoms with Crippen molar-refractivity contribution in [1.29, 1.82) is 0 Å². The lowest BCUT2D eigenvalue weighted by Gasteiger charge is -2.20. The summed E-state index contributed by atoms with van der Waals surface area (Å²) in [6.07, 6.45) is -0.671. The van der Waals surface area contributed by atoms with Crippen LogP contribution in [0.1, 0.15) is 27.6 Å². The largest absolute Gasteiger partial charge is 0.371 e. The van der Waals surface area contributed by atoms with Gasteiger partial charge in [-0.15, -0.1) is 0 Å². The Balaban J connectivity index is 2.05. The van der Waals surface area contributed by atoms with E-state index in [1.807, 2.05) is 0 Å². The molecule has 10 heteroatoms. The average Bonchev–Trinajstić information content (AvgIpc) is 2.74. The predicted octanol–water partition coefficient (Wildman–Crippen LogP) is 1.75. The van der Waals surface area contributed by atoms with Crippen molar-refractivity contribution < 1.29 is 28.8 Å². The summed E-state index contributed by atoms with van der Waals surface area (Å²) in [5.41, 5.74) is 0.693. The highest BCUT2D eigenvalue weighted by atomic mass is 16.6. The number of ketones is 1. The highest BCUT2D eigenvalue weighted by Gasteiger charge is 2.27. The van der Waals surface area contributed by atoms with Crippen LogP contribution in [0.3, 0.4) is 0 Å². The minimum atomic E-state index is -1.12. The summed E-state index contributed by atoms with van der Waals surface area (Å²) < 4.78 is 4.90. The molecule has 0 saturated carbocycles. The number of nitro groups is 1. The van der Waals surface area contributed by atoms with Crippen LogP contribution < -0.4 is 10.6 Å². The number of anilines is 1. The molecular weight excluding hydrogens is 394 g/mol. The van der Waals surface area contributed by atoms with E-state index in [1.165, 1.54) is 62.6 Å². The number of non-ortho nitro benzene ring substituents is 1. The molecule has 0 aliphatic rings. The predicted molar refractivity (Wildman–Crippen MR) is 106 cm³/mol. The summed E-state index contributed by atoms with van der Waals surface area (Å²) in [6.45, 7) is 1.23. The number of hydrogen-bond donors (Lipinski definition) is 2. The molecule has 0 fully saturated rings. The number of nitrogens with one attached hydrogen (secondary N) is 2. The maximum atomic E-state index is 12.4. The van der Waals surface area contributed by atoms with Gasteiger partial charge in [0.2, 0.25) is 0 Å². The van der Waals surface area contributed by atoms with Gasteiger partial charge >= 0.3 is 0 Å². The second-order valence-electron chi connectivity index (χ2n) is 6.23. The number of amides is 2. The molecule has 2 N–H and O–H groups in total. The van der Waals surface area contributed by atoms with Crippen molar-refractivity contribution in [2.24, 2.45) is 0 Å². The van der Waals surface area contributed by atoms with E-state index in [1.54, 1.807) is 0 Å². The number of Topliss-reactive ketones (excluding diaryl/α,β-unsaturated/α-hetero) is 1. The lowest BCUT2D eigenvalue weighted by Crippen LogP contribution is -2.49. The van der Waals surface area contributed by atoms with Crippen LogP contribution in [0.25, 0.3) is 0 Å². The van der Waals surface area contributed by atoms with Crippen LogP contribution in [-0.4, -0.2) is 48.1 Å². The Hall–Kier alpha value is -3.92. The first-order valence-corrected chi connectivity index (χ1v) is 8.72. The van der Waals surface area contributed by atoms with Crippen LogP contribution >= 0.6 is 0 Å². The molecule has 0 aliphatic carbocycles. The topological polar surface area (TPSA) is 145 Å². The van der Waals surface area contributed by atoms with E-state index in [0.717, 1.165) is 0 Å². The Morgan fingerprint density at radius 1 is 1.00 bits per heavy atom. The SMILES string of the molecule is COC(C=O)C(NC(=O)c1ccc(NC(=O)c2ccc([N+](=O)[O-])cc2)cc1)C(C)=O. The van der Waals surface area contributed by atoms with Crippen LogP contribution in [0, 0.1) is 10.1 Å². The number of carbonyl (C=O) groups excluding carboxylic acids is 4. The van der Waals surface area contributed by atoms with Crippen LogP contribution in [0.15, 0.2) is 48.5 Å². The Morgan fingerprint density at radius 2 is 1.53 bits per heavy atom. The third-order valence-electron chi connectivity index (χ3n) is 4.20. The Kier molecular flexibility index (Phi) is 7.48. The number of carbonyl (C=O) groups is 4. The molecule has 2 rings (SSSR count). The van der Waals surface area contributed by atoms with Gasteiger partial charge in [-0.3, -0.25) is 24.5 Å². The van der Waals surface area contributed by atoms with Crippen molar-refractivity contribution in [3.05, 3.63) is 69.8 Å². The average molecular weight is 413 g/mol. The Labute approximate surface area is 171 Å². The molecule has 0 bridgehead atoms. The molecule has 0 spiro atoms. The first-order valence-electron chi connectivity index (χ1n) is 8.72. The fraction of sp³-hybridized carbons (Fsp3) is 0.200. The zero-order valence-electron chi connectivity index (χ0n) is 16.2. The van der Waals surface area contributed by atoms with Gasteiger partial charge in [-0.05, 0) is 43.3 Å². The van der Waals surface area contributed by atoms with E-state index >= 15 is 0 Å². The standard InChI is InChI=1S/C20H19N3O7/c1-12(25)18(17(11-24)30-2)22-20(27)13-3-7-15(8-4-13)21-19(26)14-5-9-16(10-6-14)23(28)29/h3-11,17-18H,1-2H3,(H,21,26)(H,22,27). The monoisotopic (exact) mass is 413 g/mol. The second kappa shape index (κ2) is 10.0. The number of rotatable bonds is 9. The zero-order valence-corrected chi connectivity index (χ0v) is 16.2. The molecule has 30 heavy (non-hydrogen) atoms. The highest BCUT2D eigenvalue weighted by Crippen LogP contribution is 2.15. The van der Waals surface area contributed by atoms with Gasteiger partial charge in [-0.1, -0.05) is 0 Å². The van der Waals surface area contributed by atoms with Crippen molar-refractivity contribution in [2.45, 2.75) is 19.1 Å². The number of nitrogens with zero attached hydrogens (tertiary/aromatic N) is 1. The van der Waals surface area contributed by atoms with E-state index < -0.39 is 34.7 Å². The number of aldehydes is 1. The summed E-state index contributed by atoms with van der Waals surface area (Å²) in [5.74, 6) is -1.51. The van der Waals surface area contributed by atoms with Crippen molar-refractivity contribution in [1.82, 2.24) is 5.32 Å². The van der Waals surface area contributed by atoms with Crippen LogP contribution in [0.5, 0.6) is 0 Å². The lowest BCUT2D eigenvalue weighted by molar-refractivity contribution is -0.384. The molecule has 0 aliphatic heterocycles. The Morgan fingerprint density at radius 3 is 2.00 bits per heavy atom. The molecular formula is C20H19N3O7. The smallest absolute Gasteiger partial charge is 0.269 e. The van der Waals surface area contributed by atoms with E-state index in [0.29, 0.717) is 12.0 Å². The zero-order chi connectivity index (χ0) is 22.3. The molecule has 0 heterocycles. The summed E-state index contributed by atoms with van der Waals surface area (Å²) >= 11 is 0. The van der Waals surface area contributed by atoms with Gasteiger partial charge in [0.1, 0.15) is 12.1 Å². The normalized spacial score (nSPS) is 12.3. The summed E-state index contributed by atoms with van der Waals surface area (Å²) in [5, 5.41) is 15.7. The molecule has 0 radical (unpaired) electrons. The van der Waals surface area contributed by atoms with Crippen molar-refractivity contribution in [2.75, 3.05) is 12.4 Å².